The van der Waals surface area contributed by atoms with Crippen molar-refractivity contribution in [2.24, 2.45) is 0 Å². The molecular weight excluding hydrogens is 314 g/mol. The first-order valence-electron chi connectivity index (χ1n) is 8.87. The van der Waals surface area contributed by atoms with Crippen LogP contribution in [0.1, 0.15) is 44.7 Å². The molecule has 0 aliphatic carbocycles. The molecule has 0 heterocycles. The highest BCUT2D eigenvalue weighted by Gasteiger charge is 2.21. The van der Waals surface area contributed by atoms with Crippen molar-refractivity contribution in [1.29, 1.82) is 0 Å². The van der Waals surface area contributed by atoms with Crippen LogP contribution in [0.5, 0.6) is 0 Å². The molecule has 0 aliphatic heterocycles. The highest BCUT2D eigenvalue weighted by atomic mass is 32.2. The van der Waals surface area contributed by atoms with Crippen molar-refractivity contribution in [3.05, 3.63) is 66.2 Å². The summed E-state index contributed by atoms with van der Waals surface area (Å²) in [6.45, 7) is 4.34. The minimum absolute atomic E-state index is 0.0805. The summed E-state index contributed by atoms with van der Waals surface area (Å²) in [5.74, 6) is 0.867. The average Bonchev–Trinajstić information content (AvgIpc) is 2.64. The van der Waals surface area contributed by atoms with Crippen molar-refractivity contribution in [3.63, 3.8) is 0 Å². The van der Waals surface area contributed by atoms with Crippen LogP contribution in [0.4, 0.5) is 0 Å². The van der Waals surface area contributed by atoms with Crippen LogP contribution in [0, 0.1) is 0 Å². The molecule has 2 N–H and O–H groups in total. The zero-order valence-electron chi connectivity index (χ0n) is 14.7. The first-order chi connectivity index (χ1) is 11.7. The minimum atomic E-state index is -0.313. The number of aliphatic hydroxyl groups is 1. The normalized spacial score (nSPS) is 15.0. The molecule has 130 valence electrons. The van der Waals surface area contributed by atoms with Gasteiger partial charge in [-0.15, -0.1) is 11.8 Å². The van der Waals surface area contributed by atoms with E-state index in [4.69, 9.17) is 0 Å². The van der Waals surface area contributed by atoms with Gasteiger partial charge >= 0.3 is 0 Å². The summed E-state index contributed by atoms with van der Waals surface area (Å²) >= 11 is 1.80. The highest BCUT2D eigenvalue weighted by molar-refractivity contribution is 7.99. The van der Waals surface area contributed by atoms with Gasteiger partial charge in [0.15, 0.2) is 0 Å². The predicted molar refractivity (Wildman–Crippen MR) is 104 cm³/mol. The number of hydrogen-bond acceptors (Lipinski definition) is 3. The second-order valence-corrected chi connectivity index (χ2v) is 7.33. The van der Waals surface area contributed by atoms with Crippen molar-refractivity contribution >= 4 is 11.8 Å². The third kappa shape index (κ3) is 6.31. The highest BCUT2D eigenvalue weighted by Crippen LogP contribution is 2.22. The summed E-state index contributed by atoms with van der Waals surface area (Å²) in [7, 11) is 0. The molecule has 0 aromatic heterocycles. The molecule has 0 saturated carbocycles. The SMILES string of the molecule is CCCC[C@@H](O)[C@H](CSc1ccccc1)N[C@@H](C)c1ccccc1. The molecule has 0 saturated heterocycles. The summed E-state index contributed by atoms with van der Waals surface area (Å²) < 4.78 is 0. The van der Waals surface area contributed by atoms with Crippen LogP contribution in [0.25, 0.3) is 0 Å². The fraction of sp³-hybridized carbons (Fsp3) is 0.429. The summed E-state index contributed by atoms with van der Waals surface area (Å²) in [6, 6.07) is 21.2. The number of hydrogen-bond donors (Lipinski definition) is 2. The fourth-order valence-corrected chi connectivity index (χ4v) is 3.79. The molecule has 0 unspecified atom stereocenters. The lowest BCUT2D eigenvalue weighted by atomic mass is 10.0. The van der Waals surface area contributed by atoms with Crippen LogP contribution in [0.3, 0.4) is 0 Å². The molecule has 3 heteroatoms. The summed E-state index contributed by atoms with van der Waals surface area (Å²) in [4.78, 5) is 1.25. The van der Waals surface area contributed by atoms with Gasteiger partial charge in [-0.2, -0.15) is 0 Å². The number of rotatable bonds is 10. The zero-order valence-corrected chi connectivity index (χ0v) is 15.5. The van der Waals surface area contributed by atoms with E-state index in [1.165, 1.54) is 10.5 Å². The average molecular weight is 344 g/mol. The van der Waals surface area contributed by atoms with Gasteiger partial charge < -0.3 is 10.4 Å². The van der Waals surface area contributed by atoms with Crippen LogP contribution >= 0.6 is 11.8 Å². The molecule has 0 amide bonds. The molecule has 3 atom stereocenters. The molecule has 2 aromatic rings. The number of benzene rings is 2. The van der Waals surface area contributed by atoms with E-state index in [0.717, 1.165) is 25.0 Å². The molecule has 2 nitrogen and oxygen atoms in total. The van der Waals surface area contributed by atoms with Crippen molar-refractivity contribution in [1.82, 2.24) is 5.32 Å². The van der Waals surface area contributed by atoms with Gasteiger partial charge in [-0.05, 0) is 31.0 Å². The molecule has 2 rings (SSSR count). The van der Waals surface area contributed by atoms with E-state index in [-0.39, 0.29) is 18.2 Å². The van der Waals surface area contributed by atoms with Gasteiger partial charge in [-0.3, -0.25) is 0 Å². The summed E-state index contributed by atoms with van der Waals surface area (Å²) in [6.07, 6.45) is 2.72. The van der Waals surface area contributed by atoms with E-state index in [0.29, 0.717) is 0 Å². The van der Waals surface area contributed by atoms with Crippen molar-refractivity contribution in [2.75, 3.05) is 5.75 Å². The first-order valence-corrected chi connectivity index (χ1v) is 9.86. The second-order valence-electron chi connectivity index (χ2n) is 6.24. The third-order valence-corrected chi connectivity index (χ3v) is 5.39. The molecule has 0 spiro atoms. The zero-order chi connectivity index (χ0) is 17.2. The van der Waals surface area contributed by atoms with Crippen LogP contribution in [0.15, 0.2) is 65.6 Å². The molecule has 0 bridgehead atoms. The van der Waals surface area contributed by atoms with Gasteiger partial charge in [-0.25, -0.2) is 0 Å². The van der Waals surface area contributed by atoms with Crippen LogP contribution in [-0.4, -0.2) is 23.0 Å². The van der Waals surface area contributed by atoms with E-state index in [2.05, 4.69) is 67.7 Å². The lowest BCUT2D eigenvalue weighted by molar-refractivity contribution is 0.120. The van der Waals surface area contributed by atoms with Crippen LogP contribution < -0.4 is 5.32 Å². The smallest absolute Gasteiger partial charge is 0.0701 e. The Kier molecular flexibility index (Phi) is 8.37. The van der Waals surface area contributed by atoms with E-state index in [1.807, 2.05) is 12.1 Å². The molecule has 0 aliphatic rings. The Labute approximate surface area is 150 Å². The van der Waals surface area contributed by atoms with E-state index in [9.17, 15) is 5.11 Å². The molecule has 24 heavy (non-hydrogen) atoms. The van der Waals surface area contributed by atoms with Crippen molar-refractivity contribution < 1.29 is 5.11 Å². The lowest BCUT2D eigenvalue weighted by Crippen LogP contribution is -2.43. The van der Waals surface area contributed by atoms with Gasteiger partial charge in [0.1, 0.15) is 0 Å². The maximum atomic E-state index is 10.6. The number of aliphatic hydroxyl groups excluding tert-OH is 1. The number of unbranched alkanes of at least 4 members (excludes halogenated alkanes) is 1. The third-order valence-electron chi connectivity index (χ3n) is 4.25. The predicted octanol–water partition coefficient (Wildman–Crippen LogP) is 5.05. The Hall–Kier alpha value is -1.29. The first kappa shape index (κ1) is 19.0. The lowest BCUT2D eigenvalue weighted by Gasteiger charge is -2.28. The van der Waals surface area contributed by atoms with E-state index < -0.39 is 0 Å². The van der Waals surface area contributed by atoms with Gasteiger partial charge in [0.2, 0.25) is 0 Å². The van der Waals surface area contributed by atoms with Gasteiger partial charge in [0, 0.05) is 22.7 Å². The largest absolute Gasteiger partial charge is 0.391 e. The molecule has 2 aromatic carbocycles. The summed E-state index contributed by atoms with van der Waals surface area (Å²) in [5, 5.41) is 14.3. The number of thioether (sulfide) groups is 1. The Morgan fingerprint density at radius 2 is 1.62 bits per heavy atom. The van der Waals surface area contributed by atoms with Crippen molar-refractivity contribution in [3.8, 4) is 0 Å². The standard InChI is InChI=1S/C21H29NOS/c1-3-4-15-21(23)20(16-24-19-13-9-6-10-14-19)22-17(2)18-11-7-5-8-12-18/h5-14,17,20-23H,3-4,15-16H2,1-2H3/t17-,20-,21+/m0/s1. The monoisotopic (exact) mass is 343 g/mol. The van der Waals surface area contributed by atoms with Gasteiger partial charge in [0.25, 0.3) is 0 Å². The Morgan fingerprint density at radius 1 is 1.00 bits per heavy atom. The minimum Gasteiger partial charge on any atom is -0.391 e. The second kappa shape index (κ2) is 10.5. The molecular formula is C21H29NOS. The topological polar surface area (TPSA) is 32.3 Å². The van der Waals surface area contributed by atoms with Crippen LogP contribution in [-0.2, 0) is 0 Å². The quantitative estimate of drug-likeness (QED) is 0.592. The van der Waals surface area contributed by atoms with Crippen molar-refractivity contribution in [2.45, 2.75) is 56.2 Å². The molecule has 0 radical (unpaired) electrons. The Balaban J connectivity index is 1.98. The summed E-state index contributed by atoms with van der Waals surface area (Å²) in [5.41, 5.74) is 1.26. The Bertz CT molecular complexity index is 561. The van der Waals surface area contributed by atoms with Crippen LogP contribution in [0.2, 0.25) is 0 Å². The van der Waals surface area contributed by atoms with E-state index >= 15 is 0 Å². The maximum absolute atomic E-state index is 10.6. The van der Waals surface area contributed by atoms with Gasteiger partial charge in [-0.1, -0.05) is 68.3 Å². The molecule has 0 fully saturated rings. The van der Waals surface area contributed by atoms with Gasteiger partial charge in [0.05, 0.1) is 6.10 Å². The fourth-order valence-electron chi connectivity index (χ4n) is 2.75. The van der Waals surface area contributed by atoms with E-state index in [1.54, 1.807) is 11.8 Å². The Morgan fingerprint density at radius 3 is 2.25 bits per heavy atom. The number of nitrogens with one attached hydrogen (secondary N) is 1. The maximum Gasteiger partial charge on any atom is 0.0701 e.